The number of thiophene rings is 1. The molecule has 1 amide bonds. The fourth-order valence-corrected chi connectivity index (χ4v) is 4.31. The van der Waals surface area contributed by atoms with E-state index in [0.29, 0.717) is 22.6 Å². The Kier molecular flexibility index (Phi) is 7.21. The first-order valence-corrected chi connectivity index (χ1v) is 10.5. The molecule has 0 aliphatic carbocycles. The number of ether oxygens (including phenoxy) is 2. The molecule has 1 aromatic heterocycles. The summed E-state index contributed by atoms with van der Waals surface area (Å²) < 4.78 is 9.86. The van der Waals surface area contributed by atoms with E-state index in [4.69, 9.17) is 9.47 Å². The Morgan fingerprint density at radius 2 is 1.84 bits per heavy atom. The van der Waals surface area contributed by atoms with Gasteiger partial charge in [-0.25, -0.2) is 0 Å². The van der Waals surface area contributed by atoms with Crippen LogP contribution in [0.15, 0.2) is 48.5 Å². The second-order valence-electron chi connectivity index (χ2n) is 7.00. The largest absolute Gasteiger partial charge is 0.496 e. The zero-order valence-electron chi connectivity index (χ0n) is 17.8. The molecule has 3 rings (SSSR count). The van der Waals surface area contributed by atoms with Gasteiger partial charge in [0.25, 0.3) is 5.69 Å². The molecule has 0 unspecified atom stereocenters. The van der Waals surface area contributed by atoms with Gasteiger partial charge in [0, 0.05) is 26.6 Å². The highest BCUT2D eigenvalue weighted by Gasteiger charge is 2.20. The lowest BCUT2D eigenvalue weighted by Gasteiger charge is -2.11. The van der Waals surface area contributed by atoms with Crippen LogP contribution in [-0.4, -0.2) is 31.0 Å². The van der Waals surface area contributed by atoms with Crippen molar-refractivity contribution in [3.63, 3.8) is 0 Å². The van der Waals surface area contributed by atoms with Crippen LogP contribution in [0, 0.1) is 17.0 Å². The summed E-state index contributed by atoms with van der Waals surface area (Å²) in [6, 6.07) is 13.9. The minimum atomic E-state index is -0.521. The third kappa shape index (κ3) is 5.30. The summed E-state index contributed by atoms with van der Waals surface area (Å²) in [5.74, 6) is -0.306. The van der Waals surface area contributed by atoms with E-state index in [1.165, 1.54) is 31.6 Å². The SMILES string of the molecule is COC(=O)Cc1ccc(-c2ccccc2NC(=O)Cc2cc(C)c(OC)cc2[N+](=O)[O-])s1. The fraction of sp³-hybridized carbons (Fsp3) is 0.217. The number of carbonyl (C=O) groups excluding carboxylic acids is 2. The molecule has 9 heteroatoms. The van der Waals surface area contributed by atoms with Crippen LogP contribution in [0.3, 0.4) is 0 Å². The minimum Gasteiger partial charge on any atom is -0.496 e. The molecule has 0 bridgehead atoms. The van der Waals surface area contributed by atoms with Crippen molar-refractivity contribution in [2.45, 2.75) is 19.8 Å². The van der Waals surface area contributed by atoms with Gasteiger partial charge in [-0.1, -0.05) is 18.2 Å². The maximum absolute atomic E-state index is 12.8. The summed E-state index contributed by atoms with van der Waals surface area (Å²) in [6.45, 7) is 1.77. The number of para-hydroxylation sites is 1. The number of nitro groups is 1. The topological polar surface area (TPSA) is 108 Å². The van der Waals surface area contributed by atoms with Crippen LogP contribution in [0.2, 0.25) is 0 Å². The van der Waals surface area contributed by atoms with Gasteiger partial charge in [-0.2, -0.15) is 0 Å². The summed E-state index contributed by atoms with van der Waals surface area (Å²) in [5, 5.41) is 14.3. The smallest absolute Gasteiger partial charge is 0.310 e. The normalized spacial score (nSPS) is 10.5. The Morgan fingerprint density at radius 3 is 2.53 bits per heavy atom. The van der Waals surface area contributed by atoms with Crippen LogP contribution in [0.25, 0.3) is 10.4 Å². The molecule has 2 aromatic carbocycles. The first-order valence-electron chi connectivity index (χ1n) is 9.69. The van der Waals surface area contributed by atoms with Gasteiger partial charge in [-0.05, 0) is 36.8 Å². The lowest BCUT2D eigenvalue weighted by Crippen LogP contribution is -2.16. The van der Waals surface area contributed by atoms with E-state index in [1.54, 1.807) is 25.1 Å². The second kappa shape index (κ2) is 10.1. The maximum atomic E-state index is 12.8. The third-order valence-corrected chi connectivity index (χ3v) is 5.94. The number of nitro benzene ring substituents is 1. The van der Waals surface area contributed by atoms with E-state index in [0.717, 1.165) is 15.3 Å². The molecule has 0 aliphatic heterocycles. The highest BCUT2D eigenvalue weighted by molar-refractivity contribution is 7.15. The quantitative estimate of drug-likeness (QED) is 0.304. The van der Waals surface area contributed by atoms with Gasteiger partial charge < -0.3 is 14.8 Å². The second-order valence-corrected chi connectivity index (χ2v) is 8.17. The van der Waals surface area contributed by atoms with E-state index < -0.39 is 4.92 Å². The van der Waals surface area contributed by atoms with Crippen molar-refractivity contribution in [3.8, 4) is 16.2 Å². The molecular formula is C23H22N2O6S. The number of benzene rings is 2. The lowest BCUT2D eigenvalue weighted by atomic mass is 10.0. The van der Waals surface area contributed by atoms with Gasteiger partial charge in [-0.3, -0.25) is 19.7 Å². The van der Waals surface area contributed by atoms with Gasteiger partial charge in [0.05, 0.1) is 38.1 Å². The average molecular weight is 455 g/mol. The molecule has 166 valence electrons. The number of methoxy groups -OCH3 is 2. The first-order chi connectivity index (χ1) is 15.3. The van der Waals surface area contributed by atoms with Crippen molar-refractivity contribution in [1.29, 1.82) is 0 Å². The zero-order chi connectivity index (χ0) is 23.3. The van der Waals surface area contributed by atoms with Gasteiger partial charge >= 0.3 is 5.97 Å². The summed E-state index contributed by atoms with van der Waals surface area (Å²) in [6.07, 6.45) is 0.0176. The standard InChI is InChI=1S/C23H22N2O6S/c1-14-10-15(19(25(28)29)13-20(14)30-2)11-22(26)24-18-7-5-4-6-17(18)21-9-8-16(32-21)12-23(27)31-3/h4-10,13H,11-12H2,1-3H3,(H,24,26). The Morgan fingerprint density at radius 1 is 1.09 bits per heavy atom. The van der Waals surface area contributed by atoms with E-state index in [9.17, 15) is 19.7 Å². The van der Waals surface area contributed by atoms with Crippen molar-refractivity contribution < 1.29 is 24.0 Å². The number of anilines is 1. The Balaban J connectivity index is 1.82. The molecule has 32 heavy (non-hydrogen) atoms. The summed E-state index contributed by atoms with van der Waals surface area (Å²) in [4.78, 5) is 37.0. The predicted molar refractivity (Wildman–Crippen MR) is 122 cm³/mol. The van der Waals surface area contributed by atoms with Crippen molar-refractivity contribution in [1.82, 2.24) is 0 Å². The third-order valence-electron chi connectivity index (χ3n) is 4.82. The van der Waals surface area contributed by atoms with Crippen LogP contribution in [-0.2, 0) is 27.2 Å². The molecule has 8 nitrogen and oxygen atoms in total. The first kappa shape index (κ1) is 23.0. The highest BCUT2D eigenvalue weighted by Crippen LogP contribution is 2.34. The molecule has 0 atom stereocenters. The van der Waals surface area contributed by atoms with Crippen molar-refractivity contribution in [2.24, 2.45) is 0 Å². The number of hydrogen-bond acceptors (Lipinski definition) is 7. The van der Waals surface area contributed by atoms with E-state index >= 15 is 0 Å². The van der Waals surface area contributed by atoms with Crippen LogP contribution in [0.4, 0.5) is 11.4 Å². The lowest BCUT2D eigenvalue weighted by molar-refractivity contribution is -0.385. The number of aryl methyl sites for hydroxylation is 1. The zero-order valence-corrected chi connectivity index (χ0v) is 18.7. The van der Waals surface area contributed by atoms with Crippen LogP contribution in [0.1, 0.15) is 16.0 Å². The van der Waals surface area contributed by atoms with Crippen LogP contribution >= 0.6 is 11.3 Å². The number of amides is 1. The van der Waals surface area contributed by atoms with Gasteiger partial charge in [0.2, 0.25) is 5.91 Å². The number of nitrogens with zero attached hydrogens (tertiary/aromatic N) is 1. The molecule has 0 spiro atoms. The van der Waals surface area contributed by atoms with Gasteiger partial charge in [0.1, 0.15) is 5.75 Å². The molecule has 0 saturated heterocycles. The van der Waals surface area contributed by atoms with Gasteiger partial charge in [0.15, 0.2) is 0 Å². The molecule has 0 saturated carbocycles. The van der Waals surface area contributed by atoms with E-state index in [1.807, 2.05) is 24.3 Å². The maximum Gasteiger partial charge on any atom is 0.310 e. The number of carbonyl (C=O) groups is 2. The molecule has 0 radical (unpaired) electrons. The Bertz CT molecular complexity index is 1170. The highest BCUT2D eigenvalue weighted by atomic mass is 32.1. The molecule has 1 heterocycles. The molecule has 3 aromatic rings. The molecule has 0 aliphatic rings. The van der Waals surface area contributed by atoms with Crippen LogP contribution < -0.4 is 10.1 Å². The van der Waals surface area contributed by atoms with E-state index in [-0.39, 0.29) is 30.4 Å². The average Bonchev–Trinajstić information content (AvgIpc) is 3.22. The molecular weight excluding hydrogens is 432 g/mol. The number of hydrogen-bond donors (Lipinski definition) is 1. The number of nitrogens with one attached hydrogen (secondary N) is 1. The van der Waals surface area contributed by atoms with Gasteiger partial charge in [-0.15, -0.1) is 11.3 Å². The predicted octanol–water partition coefficient (Wildman–Crippen LogP) is 4.54. The molecule has 1 N–H and O–H groups in total. The monoisotopic (exact) mass is 454 g/mol. The number of rotatable bonds is 8. The fourth-order valence-electron chi connectivity index (χ4n) is 3.28. The summed E-state index contributed by atoms with van der Waals surface area (Å²) in [7, 11) is 2.78. The summed E-state index contributed by atoms with van der Waals surface area (Å²) >= 11 is 1.43. The minimum absolute atomic E-state index is 0.159. The Hall–Kier alpha value is -3.72. The van der Waals surface area contributed by atoms with E-state index in [2.05, 4.69) is 5.32 Å². The van der Waals surface area contributed by atoms with Crippen LogP contribution in [0.5, 0.6) is 5.75 Å². The Labute approximate surface area is 188 Å². The van der Waals surface area contributed by atoms with Crippen molar-refractivity contribution in [2.75, 3.05) is 19.5 Å². The van der Waals surface area contributed by atoms with Crippen molar-refractivity contribution >= 4 is 34.6 Å². The number of esters is 1. The summed E-state index contributed by atoms with van der Waals surface area (Å²) in [5.41, 5.74) is 2.22. The van der Waals surface area contributed by atoms with Crippen molar-refractivity contribution in [3.05, 3.63) is 74.6 Å². The molecule has 0 fully saturated rings.